The van der Waals surface area contributed by atoms with Crippen LogP contribution in [0.5, 0.6) is 5.75 Å². The van der Waals surface area contributed by atoms with Gasteiger partial charge in [-0.1, -0.05) is 6.92 Å². The zero-order chi connectivity index (χ0) is 16.0. The fourth-order valence-corrected chi connectivity index (χ4v) is 3.02. The number of aliphatic hydroxyl groups is 1. The number of sulfonamides is 1. The van der Waals surface area contributed by atoms with Crippen molar-refractivity contribution in [3.05, 3.63) is 18.2 Å². The van der Waals surface area contributed by atoms with E-state index >= 15 is 0 Å². The molecule has 1 aromatic carbocycles. The Hall–Kier alpha value is -1.64. The van der Waals surface area contributed by atoms with Gasteiger partial charge in [0.15, 0.2) is 0 Å². The van der Waals surface area contributed by atoms with Gasteiger partial charge in [-0.3, -0.25) is 4.79 Å². The van der Waals surface area contributed by atoms with Crippen LogP contribution in [0.25, 0.3) is 0 Å². The number of carbonyl (C=O) groups is 1. The second-order valence-electron chi connectivity index (χ2n) is 4.45. The van der Waals surface area contributed by atoms with Crippen LogP contribution in [0.4, 0.5) is 5.69 Å². The minimum Gasteiger partial charge on any atom is -0.495 e. The third-order valence-corrected chi connectivity index (χ3v) is 4.35. The molecule has 1 rings (SSSR count). The number of hydrogen-bond acceptors (Lipinski definition) is 5. The second-order valence-corrected chi connectivity index (χ2v) is 6.17. The molecule has 0 saturated heterocycles. The van der Waals surface area contributed by atoms with Gasteiger partial charge in [-0.05, 0) is 24.6 Å². The maximum absolute atomic E-state index is 12.2. The zero-order valence-electron chi connectivity index (χ0n) is 12.2. The van der Waals surface area contributed by atoms with Crippen molar-refractivity contribution in [3.8, 4) is 5.75 Å². The highest BCUT2D eigenvalue weighted by Gasteiger charge is 2.20. The zero-order valence-corrected chi connectivity index (χ0v) is 13.0. The largest absolute Gasteiger partial charge is 0.495 e. The van der Waals surface area contributed by atoms with Crippen molar-refractivity contribution >= 4 is 21.6 Å². The van der Waals surface area contributed by atoms with E-state index in [9.17, 15) is 13.2 Å². The van der Waals surface area contributed by atoms with Crippen LogP contribution in [0.15, 0.2) is 23.1 Å². The molecule has 7 nitrogen and oxygen atoms in total. The molecule has 0 spiro atoms. The molecule has 0 aliphatic rings. The minimum atomic E-state index is -3.78. The quantitative estimate of drug-likeness (QED) is 0.687. The van der Waals surface area contributed by atoms with E-state index in [-0.39, 0.29) is 23.1 Å². The average molecular weight is 316 g/mol. The van der Waals surface area contributed by atoms with Crippen LogP contribution < -0.4 is 14.8 Å². The molecule has 0 radical (unpaired) electrons. The van der Waals surface area contributed by atoms with Crippen molar-refractivity contribution in [2.24, 2.45) is 0 Å². The molecule has 1 amide bonds. The topological polar surface area (TPSA) is 105 Å². The SMILES string of the molecule is CC[C@H](CO)NS(=O)(=O)c1ccc(OC)c(NC(C)=O)c1. The van der Waals surface area contributed by atoms with Gasteiger partial charge in [0.05, 0.1) is 24.3 Å². The highest BCUT2D eigenvalue weighted by atomic mass is 32.2. The van der Waals surface area contributed by atoms with Crippen molar-refractivity contribution in [3.63, 3.8) is 0 Å². The van der Waals surface area contributed by atoms with Gasteiger partial charge in [-0.2, -0.15) is 0 Å². The number of benzene rings is 1. The number of anilines is 1. The molecule has 0 unspecified atom stereocenters. The lowest BCUT2D eigenvalue weighted by atomic mass is 10.3. The molecule has 0 saturated carbocycles. The molecule has 0 fully saturated rings. The molecule has 0 aliphatic carbocycles. The molecule has 8 heteroatoms. The molecule has 0 heterocycles. The van der Waals surface area contributed by atoms with E-state index in [4.69, 9.17) is 9.84 Å². The predicted molar refractivity (Wildman–Crippen MR) is 78.8 cm³/mol. The number of amides is 1. The van der Waals surface area contributed by atoms with Crippen LogP contribution in [-0.4, -0.2) is 39.2 Å². The minimum absolute atomic E-state index is 0.0149. The van der Waals surface area contributed by atoms with E-state index in [1.807, 2.05) is 0 Å². The molecule has 0 bridgehead atoms. The van der Waals surface area contributed by atoms with E-state index in [2.05, 4.69) is 10.0 Å². The summed E-state index contributed by atoms with van der Waals surface area (Å²) >= 11 is 0. The van der Waals surface area contributed by atoms with Crippen LogP contribution in [-0.2, 0) is 14.8 Å². The van der Waals surface area contributed by atoms with Gasteiger partial charge in [0, 0.05) is 13.0 Å². The summed E-state index contributed by atoms with van der Waals surface area (Å²) in [5, 5.41) is 11.6. The monoisotopic (exact) mass is 316 g/mol. The normalized spacial score (nSPS) is 12.8. The number of aliphatic hydroxyl groups excluding tert-OH is 1. The number of ether oxygens (including phenoxy) is 1. The Labute approximate surface area is 124 Å². The smallest absolute Gasteiger partial charge is 0.240 e. The molecule has 3 N–H and O–H groups in total. The number of hydrogen-bond donors (Lipinski definition) is 3. The van der Waals surface area contributed by atoms with Gasteiger partial charge in [-0.15, -0.1) is 0 Å². The number of carbonyl (C=O) groups excluding carboxylic acids is 1. The summed E-state index contributed by atoms with van der Waals surface area (Å²) in [5.41, 5.74) is 0.268. The summed E-state index contributed by atoms with van der Waals surface area (Å²) in [6.45, 7) is 2.79. The number of methoxy groups -OCH3 is 1. The third-order valence-electron chi connectivity index (χ3n) is 2.83. The van der Waals surface area contributed by atoms with Gasteiger partial charge < -0.3 is 15.2 Å². The molecular formula is C13H20N2O5S. The maximum Gasteiger partial charge on any atom is 0.240 e. The van der Waals surface area contributed by atoms with Crippen molar-refractivity contribution < 1.29 is 23.1 Å². The van der Waals surface area contributed by atoms with Gasteiger partial charge in [0.2, 0.25) is 15.9 Å². The standard InChI is InChI=1S/C13H20N2O5S/c1-4-10(8-16)15-21(18,19)11-5-6-13(20-3)12(7-11)14-9(2)17/h5-7,10,15-16H,4,8H2,1-3H3,(H,14,17)/t10-/m1/s1. The lowest BCUT2D eigenvalue weighted by Crippen LogP contribution is -2.36. The summed E-state index contributed by atoms with van der Waals surface area (Å²) in [7, 11) is -2.36. The maximum atomic E-state index is 12.2. The Kier molecular flexibility index (Phi) is 6.13. The summed E-state index contributed by atoms with van der Waals surface area (Å²) in [6, 6.07) is 3.59. The fourth-order valence-electron chi connectivity index (χ4n) is 1.68. The Bertz CT molecular complexity index is 597. The molecular weight excluding hydrogens is 296 g/mol. The lowest BCUT2D eigenvalue weighted by Gasteiger charge is -2.16. The summed E-state index contributed by atoms with van der Waals surface area (Å²) in [5.74, 6) is 0.0240. The average Bonchev–Trinajstić information content (AvgIpc) is 2.44. The lowest BCUT2D eigenvalue weighted by molar-refractivity contribution is -0.114. The van der Waals surface area contributed by atoms with Gasteiger partial charge >= 0.3 is 0 Å². The van der Waals surface area contributed by atoms with Crippen molar-refractivity contribution in [2.45, 2.75) is 31.2 Å². The van der Waals surface area contributed by atoms with E-state index in [1.165, 1.54) is 32.2 Å². The highest BCUT2D eigenvalue weighted by Crippen LogP contribution is 2.27. The van der Waals surface area contributed by atoms with E-state index in [0.29, 0.717) is 12.2 Å². The van der Waals surface area contributed by atoms with Crippen molar-refractivity contribution in [2.75, 3.05) is 19.0 Å². The van der Waals surface area contributed by atoms with Crippen molar-refractivity contribution in [1.29, 1.82) is 0 Å². The third kappa shape index (κ3) is 4.69. The number of rotatable bonds is 7. The van der Waals surface area contributed by atoms with Crippen LogP contribution in [0, 0.1) is 0 Å². The van der Waals surface area contributed by atoms with Crippen molar-refractivity contribution in [1.82, 2.24) is 4.72 Å². The van der Waals surface area contributed by atoms with E-state index < -0.39 is 16.1 Å². The Balaban J connectivity index is 3.15. The molecule has 0 aromatic heterocycles. The Morgan fingerprint density at radius 3 is 2.57 bits per heavy atom. The summed E-state index contributed by atoms with van der Waals surface area (Å²) in [4.78, 5) is 11.1. The first-order chi connectivity index (χ1) is 9.83. The number of nitrogens with one attached hydrogen (secondary N) is 2. The Morgan fingerprint density at radius 1 is 1.43 bits per heavy atom. The highest BCUT2D eigenvalue weighted by molar-refractivity contribution is 7.89. The first kappa shape index (κ1) is 17.4. The van der Waals surface area contributed by atoms with Gasteiger partial charge in [-0.25, -0.2) is 13.1 Å². The summed E-state index contributed by atoms with van der Waals surface area (Å²) in [6.07, 6.45) is 0.463. The van der Waals surface area contributed by atoms with E-state index in [1.54, 1.807) is 6.92 Å². The predicted octanol–water partition coefficient (Wildman–Crippen LogP) is 0.703. The van der Waals surface area contributed by atoms with E-state index in [0.717, 1.165) is 0 Å². The van der Waals surface area contributed by atoms with Crippen LogP contribution in [0.2, 0.25) is 0 Å². The first-order valence-corrected chi connectivity index (χ1v) is 7.91. The van der Waals surface area contributed by atoms with Gasteiger partial charge in [0.1, 0.15) is 5.75 Å². The molecule has 1 atom stereocenters. The van der Waals surface area contributed by atoms with Crippen LogP contribution in [0.3, 0.4) is 0 Å². The fraction of sp³-hybridized carbons (Fsp3) is 0.462. The molecule has 21 heavy (non-hydrogen) atoms. The summed E-state index contributed by atoms with van der Waals surface area (Å²) < 4.78 is 31.9. The molecule has 1 aromatic rings. The van der Waals surface area contributed by atoms with Crippen LogP contribution in [0.1, 0.15) is 20.3 Å². The Morgan fingerprint density at radius 2 is 2.10 bits per heavy atom. The second kappa shape index (κ2) is 7.39. The first-order valence-electron chi connectivity index (χ1n) is 6.42. The molecule has 0 aliphatic heterocycles. The van der Waals surface area contributed by atoms with Crippen LogP contribution >= 0.6 is 0 Å². The molecule has 118 valence electrons. The van der Waals surface area contributed by atoms with Gasteiger partial charge in [0.25, 0.3) is 0 Å².